The topological polar surface area (TPSA) is 91.4 Å². The molecule has 8 heteroatoms. The van der Waals surface area contributed by atoms with Crippen molar-refractivity contribution in [3.05, 3.63) is 53.9 Å². The number of aromatic nitrogens is 1. The molecule has 3 rings (SSSR count). The molecule has 25 heavy (non-hydrogen) atoms. The van der Waals surface area contributed by atoms with Gasteiger partial charge in [0.25, 0.3) is 16.1 Å². The normalized spacial score (nSPS) is 13.6. The second-order valence-corrected chi connectivity index (χ2v) is 7.29. The van der Waals surface area contributed by atoms with Gasteiger partial charge >= 0.3 is 0 Å². The highest BCUT2D eigenvalue weighted by Gasteiger charge is 2.26. The van der Waals surface area contributed by atoms with Crippen LogP contribution in [-0.2, 0) is 16.6 Å². The lowest BCUT2D eigenvalue weighted by Gasteiger charge is -2.18. The summed E-state index contributed by atoms with van der Waals surface area (Å²) >= 11 is 0. The summed E-state index contributed by atoms with van der Waals surface area (Å²) in [6.45, 7) is 2.82. The van der Waals surface area contributed by atoms with Crippen molar-refractivity contribution in [2.24, 2.45) is 0 Å². The van der Waals surface area contributed by atoms with Crippen molar-refractivity contribution >= 4 is 27.5 Å². The van der Waals surface area contributed by atoms with Gasteiger partial charge in [-0.3, -0.25) is 14.5 Å². The highest BCUT2D eigenvalue weighted by Crippen LogP contribution is 2.32. The van der Waals surface area contributed by atoms with Gasteiger partial charge in [-0.25, -0.2) is 0 Å². The van der Waals surface area contributed by atoms with Gasteiger partial charge in [0.1, 0.15) is 0 Å². The van der Waals surface area contributed by atoms with Crippen LogP contribution in [0.5, 0.6) is 0 Å². The molecule has 0 fully saturated rings. The smallest absolute Gasteiger partial charge is 0.299 e. The summed E-state index contributed by atoms with van der Waals surface area (Å²) in [4.78, 5) is 18.3. The zero-order chi connectivity index (χ0) is 17.9. The molecule has 0 unspecified atom stereocenters. The minimum Gasteiger partial charge on any atom is -0.308 e. The molecule has 0 aliphatic carbocycles. The second kappa shape index (κ2) is 7.20. The van der Waals surface area contributed by atoms with E-state index in [4.69, 9.17) is 0 Å². The quantitative estimate of drug-likeness (QED) is 0.824. The van der Waals surface area contributed by atoms with Crippen LogP contribution in [0.2, 0.25) is 0 Å². The highest BCUT2D eigenvalue weighted by molar-refractivity contribution is 7.90. The number of carbonyl (C=O) groups excluding carboxylic acids is 1. The number of amides is 1. The van der Waals surface area contributed by atoms with E-state index in [2.05, 4.69) is 14.4 Å². The summed E-state index contributed by atoms with van der Waals surface area (Å²) in [6, 6.07) is 8.69. The van der Waals surface area contributed by atoms with Gasteiger partial charge in [-0.05, 0) is 42.7 Å². The number of nitrogens with zero attached hydrogens (tertiary/aromatic N) is 2. The monoisotopic (exact) mass is 360 g/mol. The summed E-state index contributed by atoms with van der Waals surface area (Å²) in [7, 11) is -3.62. The van der Waals surface area contributed by atoms with E-state index in [-0.39, 0.29) is 5.91 Å². The van der Waals surface area contributed by atoms with Gasteiger partial charge in [0, 0.05) is 31.2 Å². The maximum atomic E-state index is 12.7. The maximum absolute atomic E-state index is 12.7. The molecule has 1 aromatic heterocycles. The Morgan fingerprint density at radius 2 is 2.16 bits per heavy atom. The fourth-order valence-corrected chi connectivity index (χ4v) is 3.71. The fourth-order valence-electron chi connectivity index (χ4n) is 2.73. The molecule has 0 spiro atoms. The first kappa shape index (κ1) is 17.4. The van der Waals surface area contributed by atoms with Crippen molar-refractivity contribution in [1.29, 1.82) is 0 Å². The fraction of sp³-hybridized carbons (Fsp3) is 0.294. The van der Waals surface area contributed by atoms with Crippen molar-refractivity contribution in [3.8, 4) is 0 Å². The Morgan fingerprint density at radius 1 is 1.32 bits per heavy atom. The number of hydrogen-bond donors (Lipinski definition) is 2. The van der Waals surface area contributed by atoms with Gasteiger partial charge in [0.2, 0.25) is 0 Å². The zero-order valence-electron chi connectivity index (χ0n) is 13.9. The SMILES string of the molecule is CCCNS(=O)(=O)Nc1ccc2c(c1)N(C(=O)c1cccnc1)CC2. The number of pyridine rings is 1. The van der Waals surface area contributed by atoms with E-state index < -0.39 is 10.2 Å². The van der Waals surface area contributed by atoms with Crippen LogP contribution in [0.15, 0.2) is 42.7 Å². The van der Waals surface area contributed by atoms with E-state index in [1.165, 1.54) is 6.20 Å². The first-order valence-electron chi connectivity index (χ1n) is 8.12. The molecule has 1 aliphatic rings. The Labute approximate surface area is 147 Å². The number of fused-ring (bicyclic) bond motifs is 1. The lowest BCUT2D eigenvalue weighted by molar-refractivity contribution is 0.0989. The van der Waals surface area contributed by atoms with Crippen LogP contribution in [0.4, 0.5) is 11.4 Å². The maximum Gasteiger partial charge on any atom is 0.299 e. The molecule has 0 bridgehead atoms. The minimum absolute atomic E-state index is 0.143. The third-order valence-corrected chi connectivity index (χ3v) is 5.02. The third kappa shape index (κ3) is 3.97. The van der Waals surface area contributed by atoms with Crippen molar-refractivity contribution in [2.45, 2.75) is 19.8 Å². The molecule has 1 aromatic carbocycles. The lowest BCUT2D eigenvalue weighted by atomic mass is 10.1. The van der Waals surface area contributed by atoms with Gasteiger partial charge in [0.05, 0.1) is 11.3 Å². The molecular formula is C17H20N4O3S. The summed E-state index contributed by atoms with van der Waals surface area (Å²) in [5, 5.41) is 0. The lowest BCUT2D eigenvalue weighted by Crippen LogP contribution is -2.31. The third-order valence-electron chi connectivity index (χ3n) is 3.93. The van der Waals surface area contributed by atoms with Crippen LogP contribution in [0.25, 0.3) is 0 Å². The van der Waals surface area contributed by atoms with Crippen LogP contribution in [0, 0.1) is 0 Å². The Hall–Kier alpha value is -2.45. The van der Waals surface area contributed by atoms with Crippen LogP contribution in [0.1, 0.15) is 29.3 Å². The molecular weight excluding hydrogens is 340 g/mol. The predicted molar refractivity (Wildman–Crippen MR) is 96.9 cm³/mol. The highest BCUT2D eigenvalue weighted by atomic mass is 32.2. The van der Waals surface area contributed by atoms with Crippen molar-refractivity contribution in [1.82, 2.24) is 9.71 Å². The summed E-state index contributed by atoms with van der Waals surface area (Å²) in [5.74, 6) is -0.143. The molecule has 2 heterocycles. The van der Waals surface area contributed by atoms with E-state index in [1.54, 1.807) is 35.4 Å². The molecule has 7 nitrogen and oxygen atoms in total. The van der Waals surface area contributed by atoms with E-state index >= 15 is 0 Å². The van der Waals surface area contributed by atoms with Crippen molar-refractivity contribution in [3.63, 3.8) is 0 Å². The summed E-state index contributed by atoms with van der Waals surface area (Å²) in [6.07, 6.45) is 4.59. The van der Waals surface area contributed by atoms with Gasteiger partial charge in [-0.1, -0.05) is 13.0 Å². The standard InChI is InChI=1S/C17H20N4O3S/c1-2-8-19-25(23,24)20-15-6-5-13-7-10-21(16(13)11-15)17(22)14-4-3-9-18-12-14/h3-6,9,11-12,19-20H,2,7-8,10H2,1H3. The Balaban J connectivity index is 1.83. The molecule has 1 aliphatic heterocycles. The first-order valence-corrected chi connectivity index (χ1v) is 9.60. The molecule has 0 saturated carbocycles. The second-order valence-electron chi connectivity index (χ2n) is 5.79. The van der Waals surface area contributed by atoms with Crippen molar-refractivity contribution in [2.75, 3.05) is 22.7 Å². The van der Waals surface area contributed by atoms with Crippen LogP contribution >= 0.6 is 0 Å². The predicted octanol–water partition coefficient (Wildman–Crippen LogP) is 1.94. The van der Waals surface area contributed by atoms with Gasteiger partial charge in [-0.2, -0.15) is 13.1 Å². The zero-order valence-corrected chi connectivity index (χ0v) is 14.7. The van der Waals surface area contributed by atoms with E-state index in [0.717, 1.165) is 17.7 Å². The molecule has 0 atom stereocenters. The number of anilines is 2. The molecule has 132 valence electrons. The molecule has 2 N–H and O–H groups in total. The van der Waals surface area contributed by atoms with E-state index in [9.17, 15) is 13.2 Å². The van der Waals surface area contributed by atoms with Crippen LogP contribution in [0.3, 0.4) is 0 Å². The Kier molecular flexibility index (Phi) is 5.00. The number of hydrogen-bond acceptors (Lipinski definition) is 4. The van der Waals surface area contributed by atoms with Crippen molar-refractivity contribution < 1.29 is 13.2 Å². The average Bonchev–Trinajstić information content (AvgIpc) is 3.03. The molecule has 0 saturated heterocycles. The number of carbonyl (C=O) groups is 1. The average molecular weight is 360 g/mol. The number of rotatable bonds is 6. The van der Waals surface area contributed by atoms with Gasteiger partial charge in [0.15, 0.2) is 0 Å². The molecule has 2 aromatic rings. The van der Waals surface area contributed by atoms with Gasteiger partial charge in [-0.15, -0.1) is 0 Å². The Morgan fingerprint density at radius 3 is 2.88 bits per heavy atom. The molecule has 1 amide bonds. The largest absolute Gasteiger partial charge is 0.308 e. The minimum atomic E-state index is -3.62. The van der Waals surface area contributed by atoms with Crippen LogP contribution < -0.4 is 14.3 Å². The first-order chi connectivity index (χ1) is 12.0. The molecule has 0 radical (unpaired) electrons. The Bertz CT molecular complexity index is 869. The number of nitrogens with one attached hydrogen (secondary N) is 2. The van der Waals surface area contributed by atoms with Crippen LogP contribution in [-0.4, -0.2) is 32.4 Å². The number of benzene rings is 1. The van der Waals surface area contributed by atoms with Gasteiger partial charge < -0.3 is 4.90 Å². The summed E-state index contributed by atoms with van der Waals surface area (Å²) in [5.41, 5.74) is 2.67. The summed E-state index contributed by atoms with van der Waals surface area (Å²) < 4.78 is 28.9. The van der Waals surface area contributed by atoms with E-state index in [1.807, 2.05) is 13.0 Å². The van der Waals surface area contributed by atoms with E-state index in [0.29, 0.717) is 30.8 Å².